The third-order valence-corrected chi connectivity index (χ3v) is 6.13. The zero-order chi connectivity index (χ0) is 18.8. The summed E-state index contributed by atoms with van der Waals surface area (Å²) >= 11 is 1.53. The number of thiophene rings is 1. The number of fused-ring (bicyclic) bond motifs is 2. The number of nitrogens with zero attached hydrogens (tertiary/aromatic N) is 1. The number of aromatic amines is 1. The van der Waals surface area contributed by atoms with E-state index in [1.54, 1.807) is 0 Å². The van der Waals surface area contributed by atoms with Crippen molar-refractivity contribution in [2.45, 2.75) is 39.0 Å². The molecule has 0 radical (unpaired) electrons. The monoisotopic (exact) mass is 382 g/mol. The zero-order valence-electron chi connectivity index (χ0n) is 15.2. The third kappa shape index (κ3) is 4.03. The largest absolute Gasteiger partial charge is 0.342 e. The first kappa shape index (κ1) is 17.7. The van der Waals surface area contributed by atoms with Crippen LogP contribution < -0.4 is 10.9 Å². The molecule has 27 heavy (non-hydrogen) atoms. The van der Waals surface area contributed by atoms with Crippen molar-refractivity contribution in [2.75, 3.05) is 0 Å². The van der Waals surface area contributed by atoms with Crippen LogP contribution in [0.5, 0.6) is 0 Å². The first-order valence-electron chi connectivity index (χ1n) is 9.23. The van der Waals surface area contributed by atoms with Crippen LogP contribution in [0.25, 0.3) is 11.0 Å². The van der Waals surface area contributed by atoms with Crippen LogP contribution in [0, 0.1) is 5.92 Å². The molecule has 2 aromatic heterocycles. The van der Waals surface area contributed by atoms with Gasteiger partial charge in [0.15, 0.2) is 0 Å². The maximum atomic E-state index is 12.3. The summed E-state index contributed by atoms with van der Waals surface area (Å²) in [5.74, 6) is 0.941. The Hall–Kier alpha value is -2.67. The summed E-state index contributed by atoms with van der Waals surface area (Å²) < 4.78 is 0. The number of hydrogen-bond acceptors (Lipinski definition) is 4. The van der Waals surface area contributed by atoms with Crippen molar-refractivity contribution in [1.82, 2.24) is 20.8 Å². The summed E-state index contributed by atoms with van der Waals surface area (Å²) in [5.41, 5.74) is 8.14. The van der Waals surface area contributed by atoms with E-state index >= 15 is 0 Å². The second-order valence-electron chi connectivity index (χ2n) is 7.11. The standard InChI is InChI=1S/C20H22N4O2S/c1-12-6-7-16-13(10-12)11-17(27-16)20(26)24-23-19(25)9-8-18-21-14-4-2-3-5-15(14)22-18/h2-5,11-12H,6-10H2,1H3,(H,21,22)(H,23,25)(H,24,26). The number of H-pyrrole nitrogens is 1. The number of benzene rings is 1. The summed E-state index contributed by atoms with van der Waals surface area (Å²) in [5, 5.41) is 0. The van der Waals surface area contributed by atoms with Gasteiger partial charge < -0.3 is 4.98 Å². The molecule has 0 saturated carbocycles. The van der Waals surface area contributed by atoms with Gasteiger partial charge in [-0.1, -0.05) is 19.1 Å². The van der Waals surface area contributed by atoms with Crippen molar-refractivity contribution in [3.8, 4) is 0 Å². The highest BCUT2D eigenvalue weighted by Gasteiger charge is 2.20. The Labute approximate surface area is 161 Å². The fourth-order valence-electron chi connectivity index (χ4n) is 3.42. The van der Waals surface area contributed by atoms with E-state index in [1.165, 1.54) is 28.2 Å². The molecule has 7 heteroatoms. The lowest BCUT2D eigenvalue weighted by Gasteiger charge is -2.16. The summed E-state index contributed by atoms with van der Waals surface area (Å²) in [6.07, 6.45) is 3.98. The lowest BCUT2D eigenvalue weighted by molar-refractivity contribution is -0.121. The van der Waals surface area contributed by atoms with E-state index in [1.807, 2.05) is 30.3 Å². The molecule has 1 unspecified atom stereocenters. The van der Waals surface area contributed by atoms with Crippen molar-refractivity contribution in [3.05, 3.63) is 51.5 Å². The van der Waals surface area contributed by atoms with E-state index in [9.17, 15) is 9.59 Å². The van der Waals surface area contributed by atoms with Gasteiger partial charge in [0.1, 0.15) is 5.82 Å². The number of imidazole rings is 1. The van der Waals surface area contributed by atoms with Gasteiger partial charge in [-0.05, 0) is 48.9 Å². The number of hydrazine groups is 1. The van der Waals surface area contributed by atoms with E-state index < -0.39 is 0 Å². The van der Waals surface area contributed by atoms with Crippen LogP contribution in [0.3, 0.4) is 0 Å². The molecule has 1 aliphatic carbocycles. The van der Waals surface area contributed by atoms with Gasteiger partial charge in [0.05, 0.1) is 15.9 Å². The number of amides is 2. The van der Waals surface area contributed by atoms with Gasteiger partial charge in [0.25, 0.3) is 5.91 Å². The van der Waals surface area contributed by atoms with Gasteiger partial charge in [-0.3, -0.25) is 20.4 Å². The van der Waals surface area contributed by atoms with Crippen molar-refractivity contribution >= 4 is 34.2 Å². The maximum absolute atomic E-state index is 12.3. The molecular formula is C20H22N4O2S. The van der Waals surface area contributed by atoms with Gasteiger partial charge in [0.2, 0.25) is 5.91 Å². The van der Waals surface area contributed by atoms with Crippen molar-refractivity contribution in [2.24, 2.45) is 5.92 Å². The smallest absolute Gasteiger partial charge is 0.279 e. The SMILES string of the molecule is CC1CCc2sc(C(=O)NNC(=O)CCc3nc4ccccc4[nH]3)cc2C1. The lowest BCUT2D eigenvalue weighted by atomic mass is 9.90. The summed E-state index contributed by atoms with van der Waals surface area (Å²) in [6.45, 7) is 2.24. The molecule has 1 aromatic carbocycles. The van der Waals surface area contributed by atoms with Crippen LogP contribution in [-0.2, 0) is 24.1 Å². The molecule has 1 aliphatic rings. The van der Waals surface area contributed by atoms with E-state index in [2.05, 4.69) is 27.7 Å². The van der Waals surface area contributed by atoms with Crippen molar-refractivity contribution < 1.29 is 9.59 Å². The molecule has 0 fully saturated rings. The number of nitrogens with one attached hydrogen (secondary N) is 3. The molecule has 140 valence electrons. The Balaban J connectivity index is 1.28. The Morgan fingerprint density at radius 2 is 2.15 bits per heavy atom. The van der Waals surface area contributed by atoms with Crippen LogP contribution >= 0.6 is 11.3 Å². The van der Waals surface area contributed by atoms with Crippen LogP contribution in [0.2, 0.25) is 0 Å². The Kier molecular flexibility index (Phi) is 4.94. The minimum absolute atomic E-state index is 0.237. The molecule has 3 aromatic rings. The minimum atomic E-state index is -0.251. The van der Waals surface area contributed by atoms with E-state index in [0.29, 0.717) is 17.2 Å². The van der Waals surface area contributed by atoms with E-state index in [4.69, 9.17) is 0 Å². The second-order valence-corrected chi connectivity index (χ2v) is 8.25. The van der Waals surface area contributed by atoms with E-state index in [0.717, 1.165) is 29.7 Å². The van der Waals surface area contributed by atoms with Gasteiger partial charge in [-0.2, -0.15) is 0 Å². The molecule has 0 spiro atoms. The Morgan fingerprint density at radius 1 is 1.30 bits per heavy atom. The highest BCUT2D eigenvalue weighted by atomic mass is 32.1. The van der Waals surface area contributed by atoms with Gasteiger partial charge in [-0.25, -0.2) is 4.98 Å². The van der Waals surface area contributed by atoms with Crippen LogP contribution in [0.15, 0.2) is 30.3 Å². The van der Waals surface area contributed by atoms with Gasteiger partial charge in [0, 0.05) is 17.7 Å². The minimum Gasteiger partial charge on any atom is -0.342 e. The van der Waals surface area contributed by atoms with Gasteiger partial charge >= 0.3 is 0 Å². The second kappa shape index (κ2) is 7.52. The number of hydrogen-bond donors (Lipinski definition) is 3. The van der Waals surface area contributed by atoms with E-state index in [-0.39, 0.29) is 18.2 Å². The predicted molar refractivity (Wildman–Crippen MR) is 106 cm³/mol. The lowest BCUT2D eigenvalue weighted by Crippen LogP contribution is -2.41. The highest BCUT2D eigenvalue weighted by molar-refractivity contribution is 7.14. The number of aryl methyl sites for hydroxylation is 2. The number of aromatic nitrogens is 2. The van der Waals surface area contributed by atoms with Crippen LogP contribution in [-0.4, -0.2) is 21.8 Å². The molecule has 0 saturated heterocycles. The topological polar surface area (TPSA) is 86.9 Å². The predicted octanol–water partition coefficient (Wildman–Crippen LogP) is 3.14. The van der Waals surface area contributed by atoms with Crippen LogP contribution in [0.1, 0.15) is 45.7 Å². The van der Waals surface area contributed by atoms with Crippen LogP contribution in [0.4, 0.5) is 0 Å². The first-order chi connectivity index (χ1) is 13.1. The number of carbonyl (C=O) groups excluding carboxylic acids is 2. The fraction of sp³-hybridized carbons (Fsp3) is 0.350. The highest BCUT2D eigenvalue weighted by Crippen LogP contribution is 2.32. The number of carbonyl (C=O) groups is 2. The molecule has 3 N–H and O–H groups in total. The van der Waals surface area contributed by atoms with Gasteiger partial charge in [-0.15, -0.1) is 11.3 Å². The summed E-state index contributed by atoms with van der Waals surface area (Å²) in [6, 6.07) is 9.71. The molecule has 0 aliphatic heterocycles. The van der Waals surface area contributed by atoms with Crippen molar-refractivity contribution in [3.63, 3.8) is 0 Å². The normalized spacial score (nSPS) is 16.1. The Bertz CT molecular complexity index is 958. The summed E-state index contributed by atoms with van der Waals surface area (Å²) in [4.78, 5) is 34.0. The number of para-hydroxylation sites is 2. The molecular weight excluding hydrogens is 360 g/mol. The first-order valence-corrected chi connectivity index (χ1v) is 10.0. The third-order valence-electron chi connectivity index (χ3n) is 4.90. The average molecular weight is 382 g/mol. The molecule has 0 bridgehead atoms. The fourth-order valence-corrected chi connectivity index (χ4v) is 4.53. The maximum Gasteiger partial charge on any atom is 0.279 e. The zero-order valence-corrected chi connectivity index (χ0v) is 16.0. The molecule has 2 amide bonds. The Morgan fingerprint density at radius 3 is 3.00 bits per heavy atom. The number of rotatable bonds is 4. The molecule has 2 heterocycles. The average Bonchev–Trinajstić information content (AvgIpc) is 3.27. The molecule has 1 atom stereocenters. The quantitative estimate of drug-likeness (QED) is 0.606. The summed E-state index contributed by atoms with van der Waals surface area (Å²) in [7, 11) is 0. The van der Waals surface area contributed by atoms with Crippen molar-refractivity contribution in [1.29, 1.82) is 0 Å². The molecule has 4 rings (SSSR count). The molecule has 6 nitrogen and oxygen atoms in total.